The maximum atomic E-state index is 8.36. The normalized spacial score (nSPS) is 11.3. The van der Waals surface area contributed by atoms with E-state index in [-0.39, 0.29) is 6.10 Å². The summed E-state index contributed by atoms with van der Waals surface area (Å²) in [7, 11) is 0. The Morgan fingerprint density at radius 3 is 1.92 bits per heavy atom. The van der Waals surface area contributed by atoms with Gasteiger partial charge in [0.05, 0.1) is 6.10 Å². The predicted octanol–water partition coefficient (Wildman–Crippen LogP) is 3.12. The molecule has 0 aromatic heterocycles. The lowest BCUT2D eigenvalue weighted by atomic mass is 10.3. The van der Waals surface area contributed by atoms with E-state index in [9.17, 15) is 0 Å². The van der Waals surface area contributed by atoms with Crippen molar-refractivity contribution in [2.24, 2.45) is 0 Å². The number of aliphatic hydroxyl groups is 1. The van der Waals surface area contributed by atoms with Gasteiger partial charge in [0.2, 0.25) is 0 Å². The van der Waals surface area contributed by atoms with E-state index in [0.29, 0.717) is 0 Å². The van der Waals surface area contributed by atoms with Gasteiger partial charge in [-0.05, 0) is 25.5 Å². The highest BCUT2D eigenvalue weighted by Crippen LogP contribution is 2.03. The van der Waals surface area contributed by atoms with Crippen molar-refractivity contribution in [3.05, 3.63) is 35.4 Å². The molecule has 0 heterocycles. The van der Waals surface area contributed by atoms with Crippen molar-refractivity contribution in [2.45, 2.75) is 26.4 Å². The largest absolute Gasteiger partial charge is 0.393 e. The van der Waals surface area contributed by atoms with Gasteiger partial charge in [-0.3, -0.25) is 0 Å². The molecule has 1 aromatic carbocycles. The first-order valence-corrected chi connectivity index (χ1v) is 4.43. The maximum Gasteiger partial charge on any atom is 0.0509 e. The van der Waals surface area contributed by atoms with Gasteiger partial charge in [0.1, 0.15) is 0 Å². The zero-order valence-corrected chi connectivity index (χ0v) is 8.25. The van der Waals surface area contributed by atoms with Crippen molar-refractivity contribution in [2.75, 3.05) is 0 Å². The summed E-state index contributed by atoms with van der Waals surface area (Å²) in [5.74, 6) is 0. The molecule has 0 fully saturated rings. The van der Waals surface area contributed by atoms with Gasteiger partial charge in [0, 0.05) is 5.02 Å². The number of halogens is 1. The van der Waals surface area contributed by atoms with Crippen molar-refractivity contribution in [1.29, 1.82) is 0 Å². The molecule has 2 heteroatoms. The van der Waals surface area contributed by atoms with E-state index in [0.717, 1.165) is 11.4 Å². The Hall–Kier alpha value is -0.530. The highest BCUT2D eigenvalue weighted by atomic mass is 35.5. The highest BCUT2D eigenvalue weighted by Gasteiger charge is 1.81. The summed E-state index contributed by atoms with van der Waals surface area (Å²) < 4.78 is 0. The fraction of sp³-hybridized carbons (Fsp3) is 0.400. The maximum absolute atomic E-state index is 8.36. The summed E-state index contributed by atoms with van der Waals surface area (Å²) >= 11 is 5.54. The second-order valence-electron chi connectivity index (χ2n) is 2.55. The number of benzene rings is 1. The molecular formula is C10H15ClO. The van der Waals surface area contributed by atoms with Gasteiger partial charge in [-0.2, -0.15) is 0 Å². The third-order valence-electron chi connectivity index (χ3n) is 1.32. The van der Waals surface area contributed by atoms with Gasteiger partial charge in [-0.25, -0.2) is 0 Å². The smallest absolute Gasteiger partial charge is 0.0509 e. The number of rotatable bonds is 1. The minimum atomic E-state index is -0.116. The van der Waals surface area contributed by atoms with Crippen LogP contribution in [0.5, 0.6) is 0 Å². The van der Waals surface area contributed by atoms with Crippen LogP contribution >= 0.6 is 11.6 Å². The molecule has 0 bridgehead atoms. The Balaban J connectivity index is 0.000000217. The van der Waals surface area contributed by atoms with Crippen LogP contribution in [0.25, 0.3) is 0 Å². The predicted molar refractivity (Wildman–Crippen MR) is 53.4 cm³/mol. The van der Waals surface area contributed by atoms with Crippen molar-refractivity contribution in [3.8, 4) is 0 Å². The Kier molecular flexibility index (Phi) is 6.82. The molecule has 0 saturated carbocycles. The first-order valence-electron chi connectivity index (χ1n) is 4.05. The molecule has 0 aliphatic carbocycles. The average molecular weight is 187 g/mol. The molecule has 12 heavy (non-hydrogen) atoms. The van der Waals surface area contributed by atoms with Crippen LogP contribution < -0.4 is 0 Å². The third kappa shape index (κ3) is 7.58. The fourth-order valence-electron chi connectivity index (χ4n) is 0.415. The lowest BCUT2D eigenvalue weighted by Gasteiger charge is -1.90. The van der Waals surface area contributed by atoms with E-state index in [1.165, 1.54) is 0 Å². The Morgan fingerprint density at radius 2 is 1.75 bits per heavy atom. The number of aliphatic hydroxyl groups excluding tert-OH is 1. The SMILES string of the molecule is CCC(C)O.Clc1ccccc1. The molecule has 1 aromatic rings. The average Bonchev–Trinajstić information content (AvgIpc) is 2.07. The molecule has 0 aliphatic rings. The standard InChI is InChI=1S/C6H5Cl.C4H10O/c7-6-4-2-1-3-5-6;1-3-4(2)5/h1-5H;4-5H,3H2,1-2H3. The van der Waals surface area contributed by atoms with Crippen LogP contribution in [0.2, 0.25) is 5.02 Å². The molecule has 0 spiro atoms. The molecule has 1 unspecified atom stereocenters. The zero-order valence-electron chi connectivity index (χ0n) is 7.50. The van der Waals surface area contributed by atoms with E-state index in [1.807, 2.05) is 37.3 Å². The highest BCUT2D eigenvalue weighted by molar-refractivity contribution is 6.30. The summed E-state index contributed by atoms with van der Waals surface area (Å²) in [5.41, 5.74) is 0. The summed E-state index contributed by atoms with van der Waals surface area (Å²) in [5, 5.41) is 9.16. The Morgan fingerprint density at radius 1 is 1.33 bits per heavy atom. The molecule has 68 valence electrons. The van der Waals surface area contributed by atoms with Gasteiger partial charge in [-0.1, -0.05) is 36.7 Å². The lowest BCUT2D eigenvalue weighted by Crippen LogP contribution is -1.93. The molecule has 0 saturated heterocycles. The zero-order chi connectivity index (χ0) is 9.40. The molecule has 0 aliphatic heterocycles. The second kappa shape index (κ2) is 7.14. The van der Waals surface area contributed by atoms with Gasteiger partial charge < -0.3 is 5.11 Å². The summed E-state index contributed by atoms with van der Waals surface area (Å²) in [6, 6.07) is 9.44. The third-order valence-corrected chi connectivity index (χ3v) is 1.58. The molecule has 1 rings (SSSR count). The quantitative estimate of drug-likeness (QED) is 0.715. The second-order valence-corrected chi connectivity index (χ2v) is 2.99. The minimum absolute atomic E-state index is 0.116. The van der Waals surface area contributed by atoms with Gasteiger partial charge in [0.15, 0.2) is 0 Å². The van der Waals surface area contributed by atoms with Crippen molar-refractivity contribution < 1.29 is 5.11 Å². The molecule has 1 nitrogen and oxygen atoms in total. The van der Waals surface area contributed by atoms with Crippen LogP contribution in [-0.2, 0) is 0 Å². The van der Waals surface area contributed by atoms with Crippen LogP contribution in [-0.4, -0.2) is 11.2 Å². The van der Waals surface area contributed by atoms with E-state index < -0.39 is 0 Å². The molecule has 1 N–H and O–H groups in total. The minimum Gasteiger partial charge on any atom is -0.393 e. The lowest BCUT2D eigenvalue weighted by molar-refractivity contribution is 0.191. The first kappa shape index (κ1) is 11.5. The summed E-state index contributed by atoms with van der Waals surface area (Å²) in [6.07, 6.45) is 0.745. The van der Waals surface area contributed by atoms with Gasteiger partial charge in [0.25, 0.3) is 0 Å². The molecular weight excluding hydrogens is 172 g/mol. The van der Waals surface area contributed by atoms with E-state index in [4.69, 9.17) is 16.7 Å². The monoisotopic (exact) mass is 186 g/mol. The van der Waals surface area contributed by atoms with Crippen LogP contribution in [0.1, 0.15) is 20.3 Å². The number of hydrogen-bond donors (Lipinski definition) is 1. The number of hydrogen-bond acceptors (Lipinski definition) is 1. The Labute approximate surface area is 79.0 Å². The topological polar surface area (TPSA) is 20.2 Å². The van der Waals surface area contributed by atoms with Crippen LogP contribution in [0.4, 0.5) is 0 Å². The van der Waals surface area contributed by atoms with Crippen LogP contribution in [0, 0.1) is 0 Å². The van der Waals surface area contributed by atoms with Crippen molar-refractivity contribution in [1.82, 2.24) is 0 Å². The molecule has 1 atom stereocenters. The molecule has 0 amide bonds. The first-order chi connectivity index (χ1) is 5.66. The van der Waals surface area contributed by atoms with Crippen LogP contribution in [0.15, 0.2) is 30.3 Å². The van der Waals surface area contributed by atoms with Gasteiger partial charge in [-0.15, -0.1) is 0 Å². The van der Waals surface area contributed by atoms with E-state index >= 15 is 0 Å². The summed E-state index contributed by atoms with van der Waals surface area (Å²) in [6.45, 7) is 3.73. The summed E-state index contributed by atoms with van der Waals surface area (Å²) in [4.78, 5) is 0. The van der Waals surface area contributed by atoms with Crippen molar-refractivity contribution >= 4 is 11.6 Å². The van der Waals surface area contributed by atoms with Crippen molar-refractivity contribution in [3.63, 3.8) is 0 Å². The fourth-order valence-corrected chi connectivity index (χ4v) is 0.560. The van der Waals surface area contributed by atoms with E-state index in [1.54, 1.807) is 6.92 Å². The van der Waals surface area contributed by atoms with E-state index in [2.05, 4.69) is 0 Å². The van der Waals surface area contributed by atoms with Gasteiger partial charge >= 0.3 is 0 Å². The Bertz CT molecular complexity index is 184. The molecule has 0 radical (unpaired) electrons. The van der Waals surface area contributed by atoms with Crippen LogP contribution in [0.3, 0.4) is 0 Å².